The summed E-state index contributed by atoms with van der Waals surface area (Å²) in [6, 6.07) is 0.0179. The number of anilines is 1. The van der Waals surface area contributed by atoms with E-state index in [0.717, 1.165) is 12.8 Å². The van der Waals surface area contributed by atoms with Crippen LogP contribution in [0.5, 0.6) is 5.75 Å². The number of pyridine rings is 1. The molecule has 5 unspecified atom stereocenters. The number of carbonyl (C=O) groups is 4. The largest absolute Gasteiger partial charge is 0.488 e. The lowest BCUT2D eigenvalue weighted by atomic mass is 9.85. The molecular weight excluding hydrogens is 720 g/mol. The second-order valence-electron chi connectivity index (χ2n) is 17.5. The molecule has 5 aliphatic rings. The van der Waals surface area contributed by atoms with E-state index >= 15 is 0 Å². The number of hydrogen-bond donors (Lipinski definition) is 4. The van der Waals surface area contributed by atoms with Gasteiger partial charge in [0.1, 0.15) is 47.5 Å². The second kappa shape index (κ2) is 14.9. The predicted octanol–water partition coefficient (Wildman–Crippen LogP) is 4.57. The number of aromatic nitrogens is 2. The molecule has 0 spiro atoms. The molecule has 1 aliphatic heterocycles. The van der Waals surface area contributed by atoms with Crippen molar-refractivity contribution in [1.29, 1.82) is 0 Å². The van der Waals surface area contributed by atoms with Gasteiger partial charge in [-0.1, -0.05) is 45.9 Å². The second-order valence-corrected chi connectivity index (χ2v) is 17.5. The Morgan fingerprint density at radius 1 is 1.09 bits per heavy atom. The van der Waals surface area contributed by atoms with Gasteiger partial charge < -0.3 is 44.6 Å². The van der Waals surface area contributed by atoms with Gasteiger partial charge in [0, 0.05) is 35.9 Å². The summed E-state index contributed by atoms with van der Waals surface area (Å²) in [5, 5.41) is 19.6. The molecule has 0 radical (unpaired) electrons. The summed E-state index contributed by atoms with van der Waals surface area (Å²) in [5.41, 5.74) is 0.0808. The van der Waals surface area contributed by atoms with Gasteiger partial charge in [0.15, 0.2) is 0 Å². The highest BCUT2D eigenvalue weighted by Gasteiger charge is 2.62. The number of nitrogens with one attached hydrogen (secondary N) is 3. The Balaban J connectivity index is 1.19. The number of methoxy groups -OCH3 is 1. The fraction of sp³-hybridized carbons (Fsp3) is 0.610. The number of oxazole rings is 1. The number of fused-ring (bicyclic) bond motifs is 2. The van der Waals surface area contributed by atoms with Gasteiger partial charge in [-0.05, 0) is 56.8 Å². The number of alkyl carbamates (subject to hydrolysis) is 1. The van der Waals surface area contributed by atoms with Crippen molar-refractivity contribution in [3.8, 4) is 17.1 Å². The van der Waals surface area contributed by atoms with Crippen molar-refractivity contribution in [2.24, 2.45) is 23.2 Å². The molecule has 15 nitrogen and oxygen atoms in total. The van der Waals surface area contributed by atoms with E-state index in [1.165, 1.54) is 24.7 Å². The molecule has 3 saturated carbocycles. The van der Waals surface area contributed by atoms with Crippen LogP contribution in [0.15, 0.2) is 35.5 Å². The zero-order valence-corrected chi connectivity index (χ0v) is 33.2. The first-order valence-electron chi connectivity index (χ1n) is 19.6. The molecule has 4 aliphatic carbocycles. The summed E-state index contributed by atoms with van der Waals surface area (Å²) in [5.74, 6) is -0.720. The summed E-state index contributed by atoms with van der Waals surface area (Å²) in [6.45, 7) is 15.1. The fourth-order valence-corrected chi connectivity index (χ4v) is 8.44. The van der Waals surface area contributed by atoms with Gasteiger partial charge in [-0.3, -0.25) is 9.59 Å². The van der Waals surface area contributed by atoms with E-state index in [2.05, 4.69) is 27.5 Å². The number of aliphatic hydroxyl groups is 1. The van der Waals surface area contributed by atoms with Crippen LogP contribution in [0.4, 0.5) is 10.8 Å². The van der Waals surface area contributed by atoms with Crippen LogP contribution < -0.4 is 20.7 Å². The molecule has 3 amide bonds. The van der Waals surface area contributed by atoms with Crippen molar-refractivity contribution in [2.45, 2.75) is 122 Å². The number of esters is 1. The number of ether oxygens (including phenoxy) is 3. The van der Waals surface area contributed by atoms with Gasteiger partial charge in [0.2, 0.25) is 11.8 Å². The highest BCUT2D eigenvalue weighted by molar-refractivity contribution is 5.96. The Morgan fingerprint density at radius 3 is 2.46 bits per heavy atom. The molecule has 2 aromatic rings. The van der Waals surface area contributed by atoms with Crippen LogP contribution in [-0.4, -0.2) is 99.5 Å². The molecule has 10 atom stereocenters. The van der Waals surface area contributed by atoms with Crippen LogP contribution in [0.2, 0.25) is 0 Å². The molecule has 15 heteroatoms. The molecule has 3 heterocycles. The van der Waals surface area contributed by atoms with Crippen molar-refractivity contribution in [3.05, 3.63) is 42.3 Å². The van der Waals surface area contributed by atoms with Gasteiger partial charge in [-0.25, -0.2) is 14.6 Å². The summed E-state index contributed by atoms with van der Waals surface area (Å²) in [4.78, 5) is 66.1. The van der Waals surface area contributed by atoms with E-state index in [-0.39, 0.29) is 36.9 Å². The molecule has 56 heavy (non-hydrogen) atoms. The average molecular weight is 775 g/mol. The smallest absolute Gasteiger partial charge is 0.408 e. The first-order chi connectivity index (χ1) is 26.5. The highest BCUT2D eigenvalue weighted by atomic mass is 16.6. The summed E-state index contributed by atoms with van der Waals surface area (Å²) >= 11 is 0. The SMILES string of the molecule is C=C[C@@H]1CC1(NC(=O)[C@@H]1CC(Oc2cc(-c3coc(NC(C)C)n3)nc3c2C=CC(O)C3C)CN1C(=O)[C@@H](NC(=O)OC1C[C@@H]2C[C@@H]2C1)C(C)(C)C)C(=O)OC. The Hall–Kier alpha value is -4.92. The number of hydrogen-bond acceptors (Lipinski definition) is 12. The Bertz CT molecular complexity index is 1910. The number of nitrogens with zero attached hydrogens (tertiary/aromatic N) is 3. The monoisotopic (exact) mass is 774 g/mol. The first kappa shape index (κ1) is 39.3. The van der Waals surface area contributed by atoms with E-state index < -0.39 is 59.1 Å². The molecule has 4 N–H and O–H groups in total. The third-order valence-electron chi connectivity index (χ3n) is 11.8. The minimum absolute atomic E-state index is 0.0109. The lowest BCUT2D eigenvalue weighted by Gasteiger charge is -2.35. The molecular formula is C41H54N6O9. The molecule has 4 fully saturated rings. The molecule has 1 saturated heterocycles. The van der Waals surface area contributed by atoms with Gasteiger partial charge in [-0.15, -0.1) is 6.58 Å². The van der Waals surface area contributed by atoms with Gasteiger partial charge in [0.25, 0.3) is 6.01 Å². The average Bonchev–Trinajstić information content (AvgIpc) is 3.80. The van der Waals surface area contributed by atoms with Crippen LogP contribution in [0.3, 0.4) is 0 Å². The minimum atomic E-state index is -1.30. The molecule has 0 bridgehead atoms. The highest BCUT2D eigenvalue weighted by Crippen LogP contribution is 2.52. The van der Waals surface area contributed by atoms with Gasteiger partial charge in [-0.2, -0.15) is 4.98 Å². The van der Waals surface area contributed by atoms with Gasteiger partial charge >= 0.3 is 12.1 Å². The van der Waals surface area contributed by atoms with E-state index in [1.807, 2.05) is 41.5 Å². The zero-order chi connectivity index (χ0) is 40.3. The Labute approximate surface area is 327 Å². The number of amides is 3. The lowest BCUT2D eigenvalue weighted by molar-refractivity contribution is -0.148. The first-order valence-corrected chi connectivity index (χ1v) is 19.6. The summed E-state index contributed by atoms with van der Waals surface area (Å²) in [6.07, 6.45) is 7.39. The van der Waals surface area contributed by atoms with Crippen LogP contribution in [0.1, 0.15) is 90.8 Å². The third kappa shape index (κ3) is 7.74. The molecule has 7 rings (SSSR count). The maximum atomic E-state index is 14.7. The quantitative estimate of drug-likeness (QED) is 0.174. The normalized spacial score (nSPS) is 30.5. The number of rotatable bonds is 12. The van der Waals surface area contributed by atoms with E-state index in [0.29, 0.717) is 52.7 Å². The van der Waals surface area contributed by atoms with Crippen molar-refractivity contribution < 1.29 is 42.9 Å². The van der Waals surface area contributed by atoms with Crippen LogP contribution in [-0.2, 0) is 23.9 Å². The number of aliphatic hydroxyl groups excluding tert-OH is 1. The minimum Gasteiger partial charge on any atom is -0.488 e. The maximum Gasteiger partial charge on any atom is 0.408 e. The predicted molar refractivity (Wildman–Crippen MR) is 205 cm³/mol. The number of carbonyl (C=O) groups excluding carboxylic acids is 4. The third-order valence-corrected chi connectivity index (χ3v) is 11.8. The molecule has 302 valence electrons. The van der Waals surface area contributed by atoms with E-state index in [9.17, 15) is 24.3 Å². The molecule has 0 aromatic carbocycles. The van der Waals surface area contributed by atoms with Gasteiger partial charge in [0.05, 0.1) is 31.1 Å². The van der Waals surface area contributed by atoms with Crippen molar-refractivity contribution in [2.75, 3.05) is 19.0 Å². The van der Waals surface area contributed by atoms with E-state index in [4.69, 9.17) is 23.6 Å². The molecule has 2 aromatic heterocycles. The van der Waals surface area contributed by atoms with E-state index in [1.54, 1.807) is 24.3 Å². The van der Waals surface area contributed by atoms with Crippen LogP contribution in [0, 0.1) is 23.2 Å². The van der Waals surface area contributed by atoms with Crippen molar-refractivity contribution >= 4 is 36.0 Å². The van der Waals surface area contributed by atoms with Crippen molar-refractivity contribution in [3.63, 3.8) is 0 Å². The lowest BCUT2D eigenvalue weighted by Crippen LogP contribution is -2.59. The Morgan fingerprint density at radius 2 is 1.82 bits per heavy atom. The summed E-state index contributed by atoms with van der Waals surface area (Å²) in [7, 11) is 1.26. The van der Waals surface area contributed by atoms with Crippen LogP contribution >= 0.6 is 0 Å². The number of likely N-dealkylation sites (tertiary alicyclic amines) is 1. The standard InChI is InChI=1S/C41H54N6O9/c1-9-24-17-41(24,37(51)53-8)46-35(49)30-15-26(18-47(30)36(50)34(40(5,6)7)45-39(52)56-25-13-22-12-23(22)14-25)55-32-16-28(29-19-54-38(44-29)42-20(2)3)43-33-21(4)31(48)11-10-27(32)33/h9-11,16,19-26,30-31,34,48H,1,12-15,17-18H2,2-8H3,(H,42,44)(H,45,52)(H,46,49)/t21?,22-,23+,24-,25?,26?,30+,31?,34-,41?/m1/s1. The topological polar surface area (TPSA) is 194 Å². The van der Waals surface area contributed by atoms with Crippen molar-refractivity contribution in [1.82, 2.24) is 25.5 Å². The fourth-order valence-electron chi connectivity index (χ4n) is 8.44. The maximum absolute atomic E-state index is 14.7. The Kier molecular flexibility index (Phi) is 10.4. The van der Waals surface area contributed by atoms with Crippen LogP contribution in [0.25, 0.3) is 17.5 Å². The zero-order valence-electron chi connectivity index (χ0n) is 33.2. The summed E-state index contributed by atoms with van der Waals surface area (Å²) < 4.78 is 23.2.